The van der Waals surface area contributed by atoms with Gasteiger partial charge in [0, 0.05) is 30.6 Å². The van der Waals surface area contributed by atoms with Crippen LogP contribution in [-0.2, 0) is 4.79 Å². The number of hydrogen-bond acceptors (Lipinski definition) is 10. The molecule has 7 rings (SSSR count). The van der Waals surface area contributed by atoms with Crippen LogP contribution in [0.15, 0.2) is 72.0 Å². The van der Waals surface area contributed by atoms with Gasteiger partial charge in [-0.25, -0.2) is 4.79 Å². The number of ether oxygens (including phenoxy) is 1. The van der Waals surface area contributed by atoms with Gasteiger partial charge in [0.1, 0.15) is 30.3 Å². The standard InChI is InChI=1S/C38H51N11O3.CH2O2/c1-26-10-8-9-17-47(26)37-44-43-34-16-13-28(25-48(34)37)52-32-15-14-31(29-11-6-7-12-30(29)32)41-36(51)42-35-22-33(38(2,3)4)45-49(35,27-23-39-40-24-27)20-18-46(5)19-21-50;2-1-3/h6-7,11-13,16,22-26,31-32,50H,8-10,14-15,17-21H2,1-5H3,(H2-,39,40,41,42,45,51);1H,(H,2,3)/p+1. The summed E-state index contributed by atoms with van der Waals surface area (Å²) in [5.74, 6) is 2.26. The number of hydrogen-bond donors (Lipinski definition) is 5. The summed E-state index contributed by atoms with van der Waals surface area (Å²) in [5, 5.41) is 44.3. The first-order valence-electron chi connectivity index (χ1n) is 19.0. The van der Waals surface area contributed by atoms with Gasteiger partial charge >= 0.3 is 6.03 Å². The van der Waals surface area contributed by atoms with E-state index in [1.165, 1.54) is 6.42 Å². The molecule has 5 heterocycles. The molecule has 5 N–H and O–H groups in total. The van der Waals surface area contributed by atoms with Gasteiger partial charge in [0.2, 0.25) is 17.5 Å². The number of carboxylic acid groups (broad SMARTS) is 1. The number of likely N-dealkylation sites (N-methyl/N-ethyl adjacent to an activating group) is 1. The Morgan fingerprint density at radius 3 is 2.60 bits per heavy atom. The molecule has 0 spiro atoms. The molecule has 2 amide bonds. The highest BCUT2D eigenvalue weighted by Crippen LogP contribution is 2.40. The van der Waals surface area contributed by atoms with E-state index in [0.29, 0.717) is 37.9 Å². The molecule has 16 nitrogen and oxygen atoms in total. The summed E-state index contributed by atoms with van der Waals surface area (Å²) in [5.41, 5.74) is 4.32. The molecule has 1 aliphatic carbocycles. The molecule has 16 heteroatoms. The number of anilines is 1. The third kappa shape index (κ3) is 8.66. The monoisotopic (exact) mass is 756 g/mol. The van der Waals surface area contributed by atoms with E-state index in [4.69, 9.17) is 19.7 Å². The topological polar surface area (TPSA) is 186 Å². The first-order valence-corrected chi connectivity index (χ1v) is 19.0. The number of nitrogens with zero attached hydrogens (tertiary/aromatic N) is 8. The largest absolute Gasteiger partial charge is 0.484 e. The minimum Gasteiger partial charge on any atom is -0.484 e. The van der Waals surface area contributed by atoms with Crippen LogP contribution in [0.4, 0.5) is 16.4 Å². The number of allylic oxidation sites excluding steroid dienone is 1. The summed E-state index contributed by atoms with van der Waals surface area (Å²) in [6.07, 6.45) is 12.4. The molecule has 3 aliphatic rings. The Hall–Kier alpha value is -5.32. The second kappa shape index (κ2) is 17.0. The average Bonchev–Trinajstić information content (AvgIpc) is 3.93. The van der Waals surface area contributed by atoms with E-state index in [1.807, 2.05) is 54.2 Å². The number of fused-ring (bicyclic) bond motifs is 2. The van der Waals surface area contributed by atoms with Crippen LogP contribution < -0.4 is 24.9 Å². The van der Waals surface area contributed by atoms with Gasteiger partial charge in [-0.15, -0.1) is 14.8 Å². The zero-order valence-corrected chi connectivity index (χ0v) is 32.4. The maximum absolute atomic E-state index is 13.9. The zero-order valence-electron chi connectivity index (χ0n) is 32.4. The van der Waals surface area contributed by atoms with E-state index in [2.05, 4.69) is 80.7 Å². The molecule has 294 valence electrons. The van der Waals surface area contributed by atoms with Crippen molar-refractivity contribution in [3.8, 4) is 5.75 Å². The van der Waals surface area contributed by atoms with Crippen molar-refractivity contribution >= 4 is 35.5 Å². The SMILES string of the molecule is CC1CCCCN1c1nnc2ccc(OC3CCC(NC(=O)NC4=CC(C(C)(C)C)=N[N+]4(CCN(C)CCO)c4cn[nH]c4)c4ccccc43)cn12.O=CO. The van der Waals surface area contributed by atoms with Gasteiger partial charge in [0.05, 0.1) is 31.6 Å². The molecule has 0 radical (unpaired) electrons. The number of carbonyl (C=O) groups excluding carboxylic acids is 1. The fourth-order valence-electron chi connectivity index (χ4n) is 7.56. The molecule has 55 heavy (non-hydrogen) atoms. The number of urea groups is 1. The lowest BCUT2D eigenvalue weighted by atomic mass is 9.85. The molecule has 4 aromatic rings. The molecule has 3 aromatic heterocycles. The molecule has 0 saturated carbocycles. The molecular weight excluding hydrogens is 703 g/mol. The van der Waals surface area contributed by atoms with Gasteiger partial charge in [-0.1, -0.05) is 50.1 Å². The Kier molecular flexibility index (Phi) is 12.2. The summed E-state index contributed by atoms with van der Waals surface area (Å²) in [6, 6.07) is 12.0. The number of aliphatic hydroxyl groups is 1. The van der Waals surface area contributed by atoms with Crippen molar-refractivity contribution in [3.05, 3.63) is 78.0 Å². The van der Waals surface area contributed by atoms with Crippen molar-refractivity contribution in [1.29, 1.82) is 0 Å². The van der Waals surface area contributed by atoms with Crippen molar-refractivity contribution in [2.45, 2.75) is 78.0 Å². The van der Waals surface area contributed by atoms with E-state index in [9.17, 15) is 9.90 Å². The number of benzene rings is 1. The number of H-pyrrole nitrogens is 1. The van der Waals surface area contributed by atoms with Crippen LogP contribution in [0.2, 0.25) is 0 Å². The molecule has 1 saturated heterocycles. The van der Waals surface area contributed by atoms with Gasteiger partial charge < -0.3 is 25.2 Å². The van der Waals surface area contributed by atoms with Gasteiger partial charge in [-0.2, -0.15) is 5.10 Å². The molecular formula is C39H54N11O5+. The second-order valence-corrected chi connectivity index (χ2v) is 15.4. The smallest absolute Gasteiger partial charge is 0.323 e. The number of carbonyl (C=O) groups is 2. The van der Waals surface area contributed by atoms with E-state index in [1.54, 1.807) is 6.20 Å². The van der Waals surface area contributed by atoms with E-state index < -0.39 is 0 Å². The molecule has 4 unspecified atom stereocenters. The van der Waals surface area contributed by atoms with Crippen LogP contribution in [0.5, 0.6) is 5.75 Å². The van der Waals surface area contributed by atoms with Gasteiger partial charge in [0.25, 0.3) is 6.47 Å². The Balaban J connectivity index is 0.00000166. The Morgan fingerprint density at radius 2 is 1.89 bits per heavy atom. The highest BCUT2D eigenvalue weighted by molar-refractivity contribution is 6.02. The molecule has 4 atom stereocenters. The number of rotatable bonds is 11. The quantitative estimate of drug-likeness (QED) is 0.103. The number of quaternary nitrogens is 1. The fourth-order valence-corrected chi connectivity index (χ4v) is 7.56. The van der Waals surface area contributed by atoms with Crippen molar-refractivity contribution < 1.29 is 24.5 Å². The van der Waals surface area contributed by atoms with E-state index in [0.717, 1.165) is 65.7 Å². The summed E-state index contributed by atoms with van der Waals surface area (Å²) >= 11 is 0. The number of piperidine rings is 1. The van der Waals surface area contributed by atoms with Crippen LogP contribution in [0.25, 0.3) is 5.65 Å². The van der Waals surface area contributed by atoms with E-state index >= 15 is 0 Å². The lowest BCUT2D eigenvalue weighted by molar-refractivity contribution is -0.122. The molecule has 1 fully saturated rings. The summed E-state index contributed by atoms with van der Waals surface area (Å²) in [7, 11) is 1.97. The zero-order chi connectivity index (χ0) is 39.2. The van der Waals surface area contributed by atoms with Crippen LogP contribution in [0.1, 0.15) is 83.1 Å². The Morgan fingerprint density at radius 1 is 1.11 bits per heavy atom. The van der Waals surface area contributed by atoms with Crippen molar-refractivity contribution in [2.75, 3.05) is 44.7 Å². The normalized spacial score (nSPS) is 22.3. The van der Waals surface area contributed by atoms with E-state index in [-0.39, 0.29) is 41.3 Å². The lowest BCUT2D eigenvalue weighted by Gasteiger charge is -2.34. The number of amides is 2. The molecule has 1 aromatic carbocycles. The number of aromatic nitrogens is 5. The predicted octanol–water partition coefficient (Wildman–Crippen LogP) is 4.97. The van der Waals surface area contributed by atoms with Crippen molar-refractivity contribution in [1.82, 2.24) is 44.9 Å². The lowest BCUT2D eigenvalue weighted by Crippen LogP contribution is -2.53. The highest BCUT2D eigenvalue weighted by atomic mass is 16.5. The molecule has 2 aliphatic heterocycles. The predicted molar refractivity (Wildman–Crippen MR) is 211 cm³/mol. The summed E-state index contributed by atoms with van der Waals surface area (Å²) in [4.78, 5) is 26.7. The number of nitrogens with one attached hydrogen (secondary N) is 3. The maximum Gasteiger partial charge on any atom is 0.323 e. The van der Waals surface area contributed by atoms with Crippen LogP contribution in [0, 0.1) is 5.41 Å². The fraction of sp³-hybridized carbons (Fsp3) is 0.487. The molecule has 0 bridgehead atoms. The second-order valence-electron chi connectivity index (χ2n) is 15.4. The minimum atomic E-state index is -0.303. The number of pyridine rings is 1. The van der Waals surface area contributed by atoms with Gasteiger partial charge in [0.15, 0.2) is 5.65 Å². The van der Waals surface area contributed by atoms with Gasteiger partial charge in [-0.3, -0.25) is 24.5 Å². The third-order valence-corrected chi connectivity index (χ3v) is 10.6. The van der Waals surface area contributed by atoms with Crippen LogP contribution in [0.3, 0.4) is 0 Å². The van der Waals surface area contributed by atoms with Crippen LogP contribution in [-0.4, -0.2) is 104 Å². The third-order valence-electron chi connectivity index (χ3n) is 10.6. The average molecular weight is 757 g/mol. The highest BCUT2D eigenvalue weighted by Gasteiger charge is 2.46. The summed E-state index contributed by atoms with van der Waals surface area (Å²) in [6.45, 7) is 11.1. The Labute approximate surface area is 321 Å². The first kappa shape index (κ1) is 39.4. The summed E-state index contributed by atoms with van der Waals surface area (Å²) < 4.78 is 8.78. The van der Waals surface area contributed by atoms with Gasteiger partial charge in [-0.05, 0) is 69.3 Å². The first-order chi connectivity index (χ1) is 26.5. The van der Waals surface area contributed by atoms with Crippen molar-refractivity contribution in [3.63, 3.8) is 0 Å². The van der Waals surface area contributed by atoms with Crippen LogP contribution >= 0.6 is 0 Å². The number of aliphatic hydroxyl groups excluding tert-OH is 1. The van der Waals surface area contributed by atoms with Crippen molar-refractivity contribution in [2.24, 2.45) is 10.5 Å². The number of aromatic amines is 1. The Bertz CT molecular complexity index is 1990. The maximum atomic E-state index is 13.9. The minimum absolute atomic E-state index is 0.0542.